The highest BCUT2D eigenvalue weighted by molar-refractivity contribution is 7.86. The molecular weight excluding hydrogens is 248 g/mol. The van der Waals surface area contributed by atoms with E-state index in [1.807, 2.05) is 0 Å². The highest BCUT2D eigenvalue weighted by Gasteiger charge is 2.31. The number of morpholine rings is 1. The van der Waals surface area contributed by atoms with Crippen molar-refractivity contribution in [2.75, 3.05) is 39.4 Å². The van der Waals surface area contributed by atoms with Gasteiger partial charge in [0.2, 0.25) is 0 Å². The Hall–Kier alpha value is -1.14. The molecule has 0 radical (unpaired) electrons. The lowest BCUT2D eigenvalue weighted by atomic mass is 10.5. The van der Waals surface area contributed by atoms with Crippen molar-refractivity contribution < 1.29 is 23.1 Å². The third-order valence-corrected chi connectivity index (χ3v) is 4.13. The van der Waals surface area contributed by atoms with Gasteiger partial charge in [-0.2, -0.15) is 17.0 Å². The van der Waals surface area contributed by atoms with Crippen LogP contribution in [0.15, 0.2) is 0 Å². The van der Waals surface area contributed by atoms with Crippen LogP contribution < -0.4 is 0 Å². The SMILES string of the molecule is C#CCN(CC(=O)O)S(=O)(=O)N1CCOCC1. The van der Waals surface area contributed by atoms with Crippen LogP contribution in [0.5, 0.6) is 0 Å². The van der Waals surface area contributed by atoms with E-state index in [0.717, 1.165) is 4.31 Å². The van der Waals surface area contributed by atoms with Gasteiger partial charge in [-0.3, -0.25) is 4.79 Å². The maximum atomic E-state index is 12.0. The number of nitrogens with zero attached hydrogens (tertiary/aromatic N) is 2. The third kappa shape index (κ3) is 3.67. The average molecular weight is 262 g/mol. The van der Waals surface area contributed by atoms with Crippen LogP contribution in [-0.2, 0) is 19.7 Å². The Labute approximate surface area is 100 Å². The number of carboxylic acids is 1. The molecule has 1 fully saturated rings. The molecule has 1 aliphatic heterocycles. The van der Waals surface area contributed by atoms with Crippen molar-refractivity contribution in [2.45, 2.75) is 0 Å². The molecule has 1 aliphatic rings. The van der Waals surface area contributed by atoms with Crippen LogP contribution in [0.1, 0.15) is 0 Å². The first-order valence-corrected chi connectivity index (χ1v) is 6.36. The van der Waals surface area contributed by atoms with Crippen molar-refractivity contribution in [3.63, 3.8) is 0 Å². The van der Waals surface area contributed by atoms with Gasteiger partial charge in [0, 0.05) is 13.1 Å². The largest absolute Gasteiger partial charge is 0.480 e. The molecular formula is C9H14N2O5S. The Kier molecular flexibility index (Phi) is 4.89. The number of terminal acetylenes is 1. The second kappa shape index (κ2) is 5.97. The van der Waals surface area contributed by atoms with Gasteiger partial charge in [-0.05, 0) is 0 Å². The van der Waals surface area contributed by atoms with E-state index in [1.54, 1.807) is 0 Å². The van der Waals surface area contributed by atoms with E-state index >= 15 is 0 Å². The first-order valence-electron chi connectivity index (χ1n) is 4.96. The van der Waals surface area contributed by atoms with Gasteiger partial charge in [0.05, 0.1) is 19.8 Å². The van der Waals surface area contributed by atoms with Gasteiger partial charge >= 0.3 is 5.97 Å². The number of carbonyl (C=O) groups is 1. The zero-order chi connectivity index (χ0) is 12.9. The summed E-state index contributed by atoms with van der Waals surface area (Å²) in [5.74, 6) is 0.905. The number of ether oxygens (including phenoxy) is 1. The topological polar surface area (TPSA) is 87.2 Å². The maximum absolute atomic E-state index is 12.0. The van der Waals surface area contributed by atoms with Crippen molar-refractivity contribution in [1.29, 1.82) is 0 Å². The van der Waals surface area contributed by atoms with Crippen LogP contribution in [0.25, 0.3) is 0 Å². The molecule has 0 aromatic rings. The number of carboxylic acid groups (broad SMARTS) is 1. The lowest BCUT2D eigenvalue weighted by molar-refractivity contribution is -0.137. The molecule has 1 rings (SSSR count). The van der Waals surface area contributed by atoms with Crippen LogP contribution in [-0.4, -0.2) is 67.5 Å². The van der Waals surface area contributed by atoms with Gasteiger partial charge in [-0.15, -0.1) is 6.42 Å². The Morgan fingerprint density at radius 2 is 2.06 bits per heavy atom. The first-order chi connectivity index (χ1) is 7.98. The summed E-state index contributed by atoms with van der Waals surface area (Å²) < 4.78 is 31.1. The zero-order valence-corrected chi connectivity index (χ0v) is 10.0. The van der Waals surface area contributed by atoms with E-state index in [9.17, 15) is 13.2 Å². The fraction of sp³-hybridized carbons (Fsp3) is 0.667. The summed E-state index contributed by atoms with van der Waals surface area (Å²) in [6, 6.07) is 0. The molecule has 96 valence electrons. The zero-order valence-electron chi connectivity index (χ0n) is 9.20. The third-order valence-electron chi connectivity index (χ3n) is 2.20. The van der Waals surface area contributed by atoms with E-state index in [-0.39, 0.29) is 19.6 Å². The second-order valence-electron chi connectivity index (χ2n) is 3.39. The summed E-state index contributed by atoms with van der Waals surface area (Å²) in [7, 11) is -3.82. The molecule has 17 heavy (non-hydrogen) atoms. The van der Waals surface area contributed by atoms with E-state index in [2.05, 4.69) is 5.92 Å². The standard InChI is InChI=1S/C9H14N2O5S/c1-2-3-11(8-9(12)13)17(14,15)10-4-6-16-7-5-10/h1H,3-8H2,(H,12,13). The van der Waals surface area contributed by atoms with Crippen molar-refractivity contribution in [1.82, 2.24) is 8.61 Å². The lowest BCUT2D eigenvalue weighted by Gasteiger charge is -2.30. The summed E-state index contributed by atoms with van der Waals surface area (Å²) in [5.41, 5.74) is 0. The van der Waals surface area contributed by atoms with Crippen LogP contribution in [0.4, 0.5) is 0 Å². The van der Waals surface area contributed by atoms with Crippen LogP contribution in [0.3, 0.4) is 0 Å². The van der Waals surface area contributed by atoms with Crippen LogP contribution >= 0.6 is 0 Å². The fourth-order valence-electron chi connectivity index (χ4n) is 1.41. The lowest BCUT2D eigenvalue weighted by Crippen LogP contribution is -2.50. The minimum Gasteiger partial charge on any atom is -0.480 e. The second-order valence-corrected chi connectivity index (χ2v) is 5.31. The smallest absolute Gasteiger partial charge is 0.318 e. The van der Waals surface area contributed by atoms with Crippen LogP contribution in [0.2, 0.25) is 0 Å². The Morgan fingerprint density at radius 1 is 1.47 bits per heavy atom. The number of hydrogen-bond donors (Lipinski definition) is 1. The Bertz CT molecular complexity index is 408. The quantitative estimate of drug-likeness (QED) is 0.615. The minimum atomic E-state index is -3.82. The predicted molar refractivity (Wildman–Crippen MR) is 59.4 cm³/mol. The number of hydrogen-bond acceptors (Lipinski definition) is 4. The summed E-state index contributed by atoms with van der Waals surface area (Å²) in [6.45, 7) is 0.133. The molecule has 0 aliphatic carbocycles. The molecule has 0 bridgehead atoms. The van der Waals surface area contributed by atoms with Gasteiger partial charge in [-0.25, -0.2) is 0 Å². The van der Waals surface area contributed by atoms with Gasteiger partial charge in [0.1, 0.15) is 6.54 Å². The van der Waals surface area contributed by atoms with Crippen molar-refractivity contribution in [2.24, 2.45) is 0 Å². The highest BCUT2D eigenvalue weighted by Crippen LogP contribution is 2.10. The normalized spacial score (nSPS) is 17.9. The molecule has 0 saturated carbocycles. The molecule has 1 N–H and O–H groups in total. The molecule has 1 heterocycles. The number of rotatable bonds is 5. The van der Waals surface area contributed by atoms with Crippen molar-refractivity contribution in [3.8, 4) is 12.3 Å². The van der Waals surface area contributed by atoms with Gasteiger partial charge in [-0.1, -0.05) is 5.92 Å². The Balaban J connectivity index is 2.83. The summed E-state index contributed by atoms with van der Waals surface area (Å²) >= 11 is 0. The summed E-state index contributed by atoms with van der Waals surface area (Å²) in [5, 5.41) is 8.65. The van der Waals surface area contributed by atoms with E-state index in [1.165, 1.54) is 4.31 Å². The average Bonchev–Trinajstić information content (AvgIpc) is 2.29. The van der Waals surface area contributed by atoms with E-state index in [4.69, 9.17) is 16.3 Å². The van der Waals surface area contributed by atoms with Gasteiger partial charge < -0.3 is 9.84 Å². The summed E-state index contributed by atoms with van der Waals surface area (Å²) in [6.07, 6.45) is 5.04. The molecule has 7 nitrogen and oxygen atoms in total. The maximum Gasteiger partial charge on any atom is 0.318 e. The van der Waals surface area contributed by atoms with E-state index in [0.29, 0.717) is 13.2 Å². The highest BCUT2D eigenvalue weighted by atomic mass is 32.2. The van der Waals surface area contributed by atoms with Crippen LogP contribution in [0, 0.1) is 12.3 Å². The molecule has 0 spiro atoms. The molecule has 0 aromatic heterocycles. The molecule has 8 heteroatoms. The van der Waals surface area contributed by atoms with Gasteiger partial charge in [0.25, 0.3) is 10.2 Å². The first kappa shape index (κ1) is 13.9. The molecule has 0 amide bonds. The van der Waals surface area contributed by atoms with E-state index < -0.39 is 22.7 Å². The molecule has 0 unspecified atom stereocenters. The predicted octanol–water partition coefficient (Wildman–Crippen LogP) is -1.42. The minimum absolute atomic E-state index is 0.211. The van der Waals surface area contributed by atoms with Crippen molar-refractivity contribution >= 4 is 16.2 Å². The monoisotopic (exact) mass is 262 g/mol. The molecule has 0 atom stereocenters. The van der Waals surface area contributed by atoms with Gasteiger partial charge in [0.15, 0.2) is 0 Å². The fourth-order valence-corrected chi connectivity index (χ4v) is 2.86. The van der Waals surface area contributed by atoms with Crippen molar-refractivity contribution in [3.05, 3.63) is 0 Å². The molecule has 0 aromatic carbocycles. The number of aliphatic carboxylic acids is 1. The Morgan fingerprint density at radius 3 is 2.53 bits per heavy atom. The summed E-state index contributed by atoms with van der Waals surface area (Å²) in [4.78, 5) is 10.6. The molecule has 1 saturated heterocycles.